The number of nitrogens with zero attached hydrogens (tertiary/aromatic N) is 2. The van der Waals surface area contributed by atoms with Gasteiger partial charge in [-0.05, 0) is 27.3 Å². The zero-order valence-electron chi connectivity index (χ0n) is 10.9. The highest BCUT2D eigenvalue weighted by atomic mass is 16.5. The molecule has 0 N–H and O–H groups in total. The van der Waals surface area contributed by atoms with Crippen molar-refractivity contribution in [2.75, 3.05) is 33.3 Å². The van der Waals surface area contributed by atoms with Gasteiger partial charge in [0.15, 0.2) is 0 Å². The highest BCUT2D eigenvalue weighted by molar-refractivity contribution is 5.75. The van der Waals surface area contributed by atoms with Crippen molar-refractivity contribution in [1.29, 1.82) is 0 Å². The number of carbonyl (C=O) groups is 1. The van der Waals surface area contributed by atoms with Crippen LogP contribution in [0.1, 0.15) is 27.2 Å². The van der Waals surface area contributed by atoms with Crippen molar-refractivity contribution in [1.82, 2.24) is 9.80 Å². The first kappa shape index (κ1) is 13.5. The standard InChI is InChI=1S/C12H24N2O2/c1-5-11(12(15)16-6-2)14-8-7-13(4)10(3)9-14/h10-11H,5-9H2,1-4H3. The number of carbonyl (C=O) groups excluding carboxylic acids is 1. The number of likely N-dealkylation sites (N-methyl/N-ethyl adjacent to an activating group) is 1. The summed E-state index contributed by atoms with van der Waals surface area (Å²) in [5, 5.41) is 0. The molecule has 0 aromatic rings. The maximum absolute atomic E-state index is 11.8. The van der Waals surface area contributed by atoms with Gasteiger partial charge in [-0.25, -0.2) is 0 Å². The molecule has 0 spiro atoms. The number of esters is 1. The molecule has 4 heteroatoms. The molecule has 1 fully saturated rings. The molecule has 1 rings (SSSR count). The molecule has 0 bridgehead atoms. The number of piperazine rings is 1. The summed E-state index contributed by atoms with van der Waals surface area (Å²) >= 11 is 0. The molecule has 4 nitrogen and oxygen atoms in total. The van der Waals surface area contributed by atoms with Gasteiger partial charge in [-0.3, -0.25) is 9.69 Å². The second-order valence-electron chi connectivity index (χ2n) is 4.50. The van der Waals surface area contributed by atoms with E-state index in [4.69, 9.17) is 4.74 Å². The van der Waals surface area contributed by atoms with Gasteiger partial charge >= 0.3 is 5.97 Å². The summed E-state index contributed by atoms with van der Waals surface area (Å²) in [4.78, 5) is 16.4. The molecule has 1 aliphatic rings. The van der Waals surface area contributed by atoms with Gasteiger partial charge in [-0.1, -0.05) is 6.92 Å². The molecule has 16 heavy (non-hydrogen) atoms. The first-order valence-corrected chi connectivity index (χ1v) is 6.21. The van der Waals surface area contributed by atoms with Crippen LogP contribution in [0, 0.1) is 0 Å². The Bertz CT molecular complexity index is 233. The van der Waals surface area contributed by atoms with Crippen LogP contribution < -0.4 is 0 Å². The van der Waals surface area contributed by atoms with Crippen LogP contribution in [0.15, 0.2) is 0 Å². The van der Waals surface area contributed by atoms with Crippen molar-refractivity contribution < 1.29 is 9.53 Å². The molecule has 0 aromatic heterocycles. The van der Waals surface area contributed by atoms with E-state index >= 15 is 0 Å². The fourth-order valence-corrected chi connectivity index (χ4v) is 2.17. The Balaban J connectivity index is 2.56. The summed E-state index contributed by atoms with van der Waals surface area (Å²) in [6.07, 6.45) is 0.829. The van der Waals surface area contributed by atoms with E-state index in [0.29, 0.717) is 12.6 Å². The van der Waals surface area contributed by atoms with Crippen molar-refractivity contribution >= 4 is 5.97 Å². The third-order valence-corrected chi connectivity index (χ3v) is 3.38. The predicted molar refractivity (Wildman–Crippen MR) is 64.4 cm³/mol. The summed E-state index contributed by atoms with van der Waals surface area (Å²) in [6, 6.07) is 0.452. The first-order chi connectivity index (χ1) is 7.60. The lowest BCUT2D eigenvalue weighted by atomic mass is 10.1. The molecule has 2 atom stereocenters. The van der Waals surface area contributed by atoms with Crippen LogP contribution >= 0.6 is 0 Å². The number of ether oxygens (including phenoxy) is 1. The van der Waals surface area contributed by atoms with Crippen LogP contribution in [0.5, 0.6) is 0 Å². The Labute approximate surface area is 98.5 Å². The van der Waals surface area contributed by atoms with Crippen LogP contribution in [-0.2, 0) is 9.53 Å². The van der Waals surface area contributed by atoms with Crippen molar-refractivity contribution in [2.45, 2.75) is 39.3 Å². The van der Waals surface area contributed by atoms with Crippen LogP contribution in [0.25, 0.3) is 0 Å². The fourth-order valence-electron chi connectivity index (χ4n) is 2.17. The van der Waals surface area contributed by atoms with E-state index in [1.165, 1.54) is 0 Å². The lowest BCUT2D eigenvalue weighted by Gasteiger charge is -2.40. The van der Waals surface area contributed by atoms with Gasteiger partial charge in [-0.2, -0.15) is 0 Å². The number of rotatable bonds is 4. The summed E-state index contributed by atoms with van der Waals surface area (Å²) in [5.74, 6) is -0.0678. The van der Waals surface area contributed by atoms with Crippen LogP contribution in [0.4, 0.5) is 0 Å². The number of hydrogen-bond donors (Lipinski definition) is 0. The quantitative estimate of drug-likeness (QED) is 0.671. The van der Waals surface area contributed by atoms with Crippen molar-refractivity contribution in [2.24, 2.45) is 0 Å². The molecule has 0 saturated carbocycles. The molecule has 1 heterocycles. The number of hydrogen-bond acceptors (Lipinski definition) is 4. The monoisotopic (exact) mass is 228 g/mol. The predicted octanol–water partition coefficient (Wildman–Crippen LogP) is 0.964. The SMILES string of the molecule is CCOC(=O)C(CC)N1CCN(C)C(C)C1. The molecule has 94 valence electrons. The van der Waals surface area contributed by atoms with Gasteiger partial charge in [-0.15, -0.1) is 0 Å². The van der Waals surface area contributed by atoms with Crippen LogP contribution in [0.3, 0.4) is 0 Å². The minimum absolute atomic E-state index is 0.0592. The summed E-state index contributed by atoms with van der Waals surface area (Å²) in [7, 11) is 2.13. The Morgan fingerprint density at radius 3 is 2.62 bits per heavy atom. The van der Waals surface area contributed by atoms with E-state index in [-0.39, 0.29) is 12.0 Å². The highest BCUT2D eigenvalue weighted by Gasteiger charge is 2.30. The molecule has 0 aliphatic carbocycles. The topological polar surface area (TPSA) is 32.8 Å². The lowest BCUT2D eigenvalue weighted by Crippen LogP contribution is -2.55. The van der Waals surface area contributed by atoms with E-state index in [1.807, 2.05) is 13.8 Å². The Morgan fingerprint density at radius 1 is 1.44 bits per heavy atom. The minimum Gasteiger partial charge on any atom is -0.465 e. The maximum Gasteiger partial charge on any atom is 0.323 e. The van der Waals surface area contributed by atoms with Crippen molar-refractivity contribution in [3.63, 3.8) is 0 Å². The smallest absolute Gasteiger partial charge is 0.323 e. The lowest BCUT2D eigenvalue weighted by molar-refractivity contribution is -0.150. The molecular formula is C12H24N2O2. The average molecular weight is 228 g/mol. The van der Waals surface area contributed by atoms with Gasteiger partial charge in [0.25, 0.3) is 0 Å². The van der Waals surface area contributed by atoms with E-state index in [2.05, 4.69) is 23.8 Å². The second-order valence-corrected chi connectivity index (χ2v) is 4.50. The van der Waals surface area contributed by atoms with E-state index in [9.17, 15) is 4.79 Å². The van der Waals surface area contributed by atoms with Crippen LogP contribution in [0.2, 0.25) is 0 Å². The Kier molecular flexibility index (Phi) is 5.22. The highest BCUT2D eigenvalue weighted by Crippen LogP contribution is 2.13. The van der Waals surface area contributed by atoms with Gasteiger partial charge in [0.1, 0.15) is 6.04 Å². The molecular weight excluding hydrogens is 204 g/mol. The Hall–Kier alpha value is -0.610. The van der Waals surface area contributed by atoms with Crippen LogP contribution in [-0.4, -0.2) is 61.1 Å². The summed E-state index contributed by atoms with van der Waals surface area (Å²) in [5.41, 5.74) is 0. The van der Waals surface area contributed by atoms with Crippen molar-refractivity contribution in [3.05, 3.63) is 0 Å². The summed E-state index contributed by atoms with van der Waals surface area (Å²) < 4.78 is 5.12. The van der Waals surface area contributed by atoms with Gasteiger partial charge in [0, 0.05) is 25.7 Å². The molecule has 1 aliphatic heterocycles. The maximum atomic E-state index is 11.8. The zero-order chi connectivity index (χ0) is 12.1. The zero-order valence-corrected chi connectivity index (χ0v) is 10.9. The fraction of sp³-hybridized carbons (Fsp3) is 0.917. The third kappa shape index (κ3) is 3.19. The average Bonchev–Trinajstić information content (AvgIpc) is 2.25. The normalized spacial score (nSPS) is 25.4. The molecule has 2 unspecified atom stereocenters. The van der Waals surface area contributed by atoms with E-state index in [1.54, 1.807) is 0 Å². The van der Waals surface area contributed by atoms with Crippen molar-refractivity contribution in [3.8, 4) is 0 Å². The molecule has 0 radical (unpaired) electrons. The van der Waals surface area contributed by atoms with Gasteiger partial charge in [0.2, 0.25) is 0 Å². The largest absolute Gasteiger partial charge is 0.465 e. The van der Waals surface area contributed by atoms with E-state index < -0.39 is 0 Å². The van der Waals surface area contributed by atoms with E-state index in [0.717, 1.165) is 26.1 Å². The first-order valence-electron chi connectivity index (χ1n) is 6.21. The third-order valence-electron chi connectivity index (χ3n) is 3.38. The summed E-state index contributed by atoms with van der Waals surface area (Å²) in [6.45, 7) is 9.51. The molecule has 0 amide bonds. The minimum atomic E-state index is -0.0678. The molecule has 1 saturated heterocycles. The second kappa shape index (κ2) is 6.21. The van der Waals surface area contributed by atoms with Gasteiger partial charge < -0.3 is 9.64 Å². The Morgan fingerprint density at radius 2 is 2.12 bits per heavy atom. The van der Waals surface area contributed by atoms with Gasteiger partial charge in [0.05, 0.1) is 6.61 Å². The molecule has 0 aromatic carbocycles.